The Morgan fingerprint density at radius 2 is 1.78 bits per heavy atom. The highest BCUT2D eigenvalue weighted by Gasteiger charge is 2.05. The van der Waals surface area contributed by atoms with Crippen molar-refractivity contribution in [1.82, 2.24) is 0 Å². The Balaban J connectivity index is 1.94. The van der Waals surface area contributed by atoms with E-state index in [0.717, 1.165) is 5.56 Å². The van der Waals surface area contributed by atoms with Crippen molar-refractivity contribution in [3.63, 3.8) is 0 Å². The summed E-state index contributed by atoms with van der Waals surface area (Å²) in [5.41, 5.74) is 7.47. The van der Waals surface area contributed by atoms with E-state index in [0.29, 0.717) is 22.9 Å². The zero-order chi connectivity index (χ0) is 13.0. The molecule has 2 aromatic rings. The van der Waals surface area contributed by atoms with Gasteiger partial charge >= 0.3 is 0 Å². The summed E-state index contributed by atoms with van der Waals surface area (Å²) in [4.78, 5) is 0. The van der Waals surface area contributed by atoms with Gasteiger partial charge in [0.1, 0.15) is 5.82 Å². The summed E-state index contributed by atoms with van der Waals surface area (Å²) in [6, 6.07) is 11.9. The van der Waals surface area contributed by atoms with Crippen LogP contribution in [0.4, 0.5) is 10.1 Å². The predicted octanol–water partition coefficient (Wildman–Crippen LogP) is 3.78. The minimum Gasteiger partial charge on any atom is -0.398 e. The first-order valence-electron chi connectivity index (χ1n) is 5.52. The topological polar surface area (TPSA) is 35.2 Å². The molecule has 2 aromatic carbocycles. The van der Waals surface area contributed by atoms with Crippen LogP contribution in [0.1, 0.15) is 11.1 Å². The summed E-state index contributed by atoms with van der Waals surface area (Å²) in [7, 11) is 0. The molecule has 0 amide bonds. The number of hydrogen-bond donors (Lipinski definition) is 1. The maximum absolute atomic E-state index is 13.5. The van der Waals surface area contributed by atoms with Gasteiger partial charge in [0.25, 0.3) is 0 Å². The van der Waals surface area contributed by atoms with Gasteiger partial charge in [0, 0.05) is 16.3 Å². The molecule has 4 heteroatoms. The Kier molecular flexibility index (Phi) is 4.18. The van der Waals surface area contributed by atoms with E-state index in [1.54, 1.807) is 24.3 Å². The molecule has 94 valence electrons. The van der Waals surface area contributed by atoms with Crippen molar-refractivity contribution in [3.05, 3.63) is 64.4 Å². The van der Waals surface area contributed by atoms with Crippen molar-refractivity contribution in [3.8, 4) is 0 Å². The van der Waals surface area contributed by atoms with Crippen LogP contribution >= 0.6 is 11.6 Å². The van der Waals surface area contributed by atoms with Gasteiger partial charge in [-0.2, -0.15) is 0 Å². The lowest BCUT2D eigenvalue weighted by atomic mass is 10.2. The lowest BCUT2D eigenvalue weighted by Crippen LogP contribution is -2.01. The van der Waals surface area contributed by atoms with Crippen LogP contribution in [-0.2, 0) is 18.0 Å². The number of nitrogens with two attached hydrogens (primary N) is 1. The zero-order valence-corrected chi connectivity index (χ0v) is 10.5. The van der Waals surface area contributed by atoms with E-state index < -0.39 is 0 Å². The molecule has 0 heterocycles. The van der Waals surface area contributed by atoms with E-state index in [4.69, 9.17) is 22.1 Å². The van der Waals surface area contributed by atoms with Gasteiger partial charge in [0.2, 0.25) is 0 Å². The Hall–Kier alpha value is -1.58. The van der Waals surface area contributed by atoms with E-state index in [2.05, 4.69) is 0 Å². The molecule has 0 saturated carbocycles. The monoisotopic (exact) mass is 265 g/mol. The second kappa shape index (κ2) is 5.85. The van der Waals surface area contributed by atoms with E-state index in [1.165, 1.54) is 6.07 Å². The van der Waals surface area contributed by atoms with Crippen LogP contribution in [0.2, 0.25) is 5.02 Å². The van der Waals surface area contributed by atoms with E-state index >= 15 is 0 Å². The number of ether oxygens (including phenoxy) is 1. The minimum atomic E-state index is -0.342. The zero-order valence-electron chi connectivity index (χ0n) is 9.70. The summed E-state index contributed by atoms with van der Waals surface area (Å²) < 4.78 is 18.9. The predicted molar refractivity (Wildman–Crippen MR) is 70.8 cm³/mol. The van der Waals surface area contributed by atoms with Crippen molar-refractivity contribution in [1.29, 1.82) is 0 Å². The van der Waals surface area contributed by atoms with Gasteiger partial charge in [-0.25, -0.2) is 4.39 Å². The number of benzene rings is 2. The van der Waals surface area contributed by atoms with Crippen molar-refractivity contribution < 1.29 is 9.13 Å². The van der Waals surface area contributed by atoms with Crippen LogP contribution in [-0.4, -0.2) is 0 Å². The SMILES string of the molecule is Nc1cccc(F)c1COCc1ccc(Cl)cc1. The highest BCUT2D eigenvalue weighted by atomic mass is 35.5. The molecule has 2 N–H and O–H groups in total. The van der Waals surface area contributed by atoms with E-state index in [-0.39, 0.29) is 12.4 Å². The Bertz CT molecular complexity index is 508. The molecule has 0 aliphatic heterocycles. The lowest BCUT2D eigenvalue weighted by Gasteiger charge is -2.08. The molecule has 0 spiro atoms. The number of nitrogen functional groups attached to an aromatic ring is 1. The molecule has 0 radical (unpaired) electrons. The van der Waals surface area contributed by atoms with Crippen LogP contribution in [0, 0.1) is 5.82 Å². The Labute approximate surface area is 110 Å². The molecule has 0 saturated heterocycles. The molecular weight excluding hydrogens is 253 g/mol. The minimum absolute atomic E-state index is 0.154. The maximum atomic E-state index is 13.5. The number of hydrogen-bond acceptors (Lipinski definition) is 2. The molecule has 0 bridgehead atoms. The van der Waals surface area contributed by atoms with E-state index in [9.17, 15) is 4.39 Å². The molecule has 0 fully saturated rings. The quantitative estimate of drug-likeness (QED) is 0.854. The summed E-state index contributed by atoms with van der Waals surface area (Å²) >= 11 is 5.78. The third kappa shape index (κ3) is 3.22. The molecule has 0 aliphatic rings. The fraction of sp³-hybridized carbons (Fsp3) is 0.143. The average molecular weight is 266 g/mol. The lowest BCUT2D eigenvalue weighted by molar-refractivity contribution is 0.105. The van der Waals surface area contributed by atoms with Gasteiger partial charge < -0.3 is 10.5 Å². The highest BCUT2D eigenvalue weighted by molar-refractivity contribution is 6.30. The van der Waals surface area contributed by atoms with Crippen molar-refractivity contribution in [2.75, 3.05) is 5.73 Å². The first-order chi connectivity index (χ1) is 8.66. The second-order valence-corrected chi connectivity index (χ2v) is 4.36. The third-order valence-corrected chi connectivity index (χ3v) is 2.84. The first kappa shape index (κ1) is 12.9. The number of anilines is 1. The smallest absolute Gasteiger partial charge is 0.130 e. The van der Waals surface area contributed by atoms with Crippen molar-refractivity contribution in [2.24, 2.45) is 0 Å². The summed E-state index contributed by atoms with van der Waals surface area (Å²) in [6.07, 6.45) is 0. The molecule has 18 heavy (non-hydrogen) atoms. The van der Waals surface area contributed by atoms with Crippen LogP contribution in [0.15, 0.2) is 42.5 Å². The molecular formula is C14H13ClFNO. The molecule has 0 unspecified atom stereocenters. The molecule has 2 nitrogen and oxygen atoms in total. The summed E-state index contributed by atoms with van der Waals surface area (Å²) in [5.74, 6) is -0.342. The summed E-state index contributed by atoms with van der Waals surface area (Å²) in [5, 5.41) is 0.678. The molecule has 0 atom stereocenters. The molecule has 0 aromatic heterocycles. The maximum Gasteiger partial charge on any atom is 0.130 e. The van der Waals surface area contributed by atoms with Crippen LogP contribution in [0.25, 0.3) is 0 Å². The van der Waals surface area contributed by atoms with Gasteiger partial charge in [-0.15, -0.1) is 0 Å². The van der Waals surface area contributed by atoms with Crippen LogP contribution in [0.3, 0.4) is 0 Å². The number of halogens is 2. The Morgan fingerprint density at radius 3 is 2.44 bits per heavy atom. The largest absolute Gasteiger partial charge is 0.398 e. The molecule has 0 aliphatic carbocycles. The fourth-order valence-corrected chi connectivity index (χ4v) is 1.71. The van der Waals surface area contributed by atoms with Crippen LogP contribution < -0.4 is 5.73 Å². The van der Waals surface area contributed by atoms with Gasteiger partial charge in [0.05, 0.1) is 13.2 Å². The standard InChI is InChI=1S/C14H13ClFNO/c15-11-6-4-10(5-7-11)8-18-9-12-13(16)2-1-3-14(12)17/h1-7H,8-9,17H2. The fourth-order valence-electron chi connectivity index (χ4n) is 1.58. The van der Waals surface area contributed by atoms with Gasteiger partial charge in [0.15, 0.2) is 0 Å². The normalized spacial score (nSPS) is 10.6. The van der Waals surface area contributed by atoms with Gasteiger partial charge in [-0.05, 0) is 29.8 Å². The van der Waals surface area contributed by atoms with Crippen molar-refractivity contribution in [2.45, 2.75) is 13.2 Å². The molecule has 2 rings (SSSR count). The van der Waals surface area contributed by atoms with E-state index in [1.807, 2.05) is 12.1 Å². The average Bonchev–Trinajstić information content (AvgIpc) is 2.35. The summed E-state index contributed by atoms with van der Waals surface area (Å²) in [6.45, 7) is 0.548. The van der Waals surface area contributed by atoms with Crippen LogP contribution in [0.5, 0.6) is 0 Å². The third-order valence-electron chi connectivity index (χ3n) is 2.58. The Morgan fingerprint density at radius 1 is 1.06 bits per heavy atom. The highest BCUT2D eigenvalue weighted by Crippen LogP contribution is 2.17. The second-order valence-electron chi connectivity index (χ2n) is 3.93. The number of rotatable bonds is 4. The first-order valence-corrected chi connectivity index (χ1v) is 5.89. The van der Waals surface area contributed by atoms with Gasteiger partial charge in [-0.3, -0.25) is 0 Å². The van der Waals surface area contributed by atoms with Crippen molar-refractivity contribution >= 4 is 17.3 Å². The van der Waals surface area contributed by atoms with Gasteiger partial charge in [-0.1, -0.05) is 29.8 Å².